The van der Waals surface area contributed by atoms with Gasteiger partial charge in [0.25, 0.3) is 5.91 Å². The number of carboxylic acids is 1. The zero-order valence-electron chi connectivity index (χ0n) is 12.7. The summed E-state index contributed by atoms with van der Waals surface area (Å²) in [5.41, 5.74) is -0.337. The van der Waals surface area contributed by atoms with Crippen LogP contribution in [0.1, 0.15) is 23.7 Å². The number of hydrogen-bond donors (Lipinski definition) is 1. The van der Waals surface area contributed by atoms with Crippen LogP contribution in [0.4, 0.5) is 4.39 Å². The fourth-order valence-corrected chi connectivity index (χ4v) is 2.84. The van der Waals surface area contributed by atoms with Crippen molar-refractivity contribution in [2.45, 2.75) is 13.3 Å². The molecule has 1 saturated heterocycles. The molecule has 0 bridgehead atoms. The van der Waals surface area contributed by atoms with Crippen LogP contribution in [0.5, 0.6) is 0 Å². The van der Waals surface area contributed by atoms with Crippen LogP contribution >= 0.6 is 0 Å². The standard InChI is InChI=1S/C17H17FN2O3/c1-17(16(22)23)6-9-20(11-17)15(21)12-4-5-14(13(18)10-12)19-7-2-3-8-19/h2-5,7-8,10H,6,9,11H2,1H3,(H,22,23)/t17-/m1/s1. The molecule has 0 radical (unpaired) electrons. The van der Waals surface area contributed by atoms with Gasteiger partial charge in [0.15, 0.2) is 0 Å². The number of aliphatic carboxylic acids is 1. The minimum Gasteiger partial charge on any atom is -0.481 e. The third kappa shape index (κ3) is 2.72. The van der Waals surface area contributed by atoms with Crippen molar-refractivity contribution in [1.82, 2.24) is 9.47 Å². The molecule has 120 valence electrons. The van der Waals surface area contributed by atoms with Gasteiger partial charge in [-0.05, 0) is 43.7 Å². The van der Waals surface area contributed by atoms with Crippen molar-refractivity contribution in [3.63, 3.8) is 0 Å². The van der Waals surface area contributed by atoms with Crippen LogP contribution in [0, 0.1) is 11.2 Å². The van der Waals surface area contributed by atoms with E-state index in [0.29, 0.717) is 18.7 Å². The average molecular weight is 316 g/mol. The van der Waals surface area contributed by atoms with Gasteiger partial charge in [-0.25, -0.2) is 4.39 Å². The van der Waals surface area contributed by atoms with Crippen molar-refractivity contribution in [3.05, 3.63) is 54.1 Å². The molecule has 23 heavy (non-hydrogen) atoms. The summed E-state index contributed by atoms with van der Waals surface area (Å²) in [6, 6.07) is 7.89. The summed E-state index contributed by atoms with van der Waals surface area (Å²) in [7, 11) is 0. The maximum absolute atomic E-state index is 14.3. The van der Waals surface area contributed by atoms with E-state index in [0.717, 1.165) is 0 Å². The number of aromatic nitrogens is 1. The minimum absolute atomic E-state index is 0.141. The Labute approximate surface area is 132 Å². The predicted octanol–water partition coefficient (Wildman–Crippen LogP) is 2.55. The van der Waals surface area contributed by atoms with Crippen LogP contribution in [0.3, 0.4) is 0 Å². The molecule has 1 amide bonds. The van der Waals surface area contributed by atoms with Gasteiger partial charge in [0, 0.05) is 31.0 Å². The lowest BCUT2D eigenvalue weighted by Crippen LogP contribution is -2.34. The Hall–Kier alpha value is -2.63. The first-order valence-electron chi connectivity index (χ1n) is 7.36. The highest BCUT2D eigenvalue weighted by Gasteiger charge is 2.42. The topological polar surface area (TPSA) is 62.5 Å². The maximum Gasteiger partial charge on any atom is 0.311 e. The van der Waals surface area contributed by atoms with Gasteiger partial charge in [-0.1, -0.05) is 0 Å². The summed E-state index contributed by atoms with van der Waals surface area (Å²) in [5, 5.41) is 9.23. The van der Waals surface area contributed by atoms with Crippen molar-refractivity contribution in [3.8, 4) is 5.69 Å². The molecule has 0 unspecified atom stereocenters. The number of nitrogens with zero attached hydrogens (tertiary/aromatic N) is 2. The molecule has 0 spiro atoms. The van der Waals surface area contributed by atoms with Crippen LogP contribution in [0.15, 0.2) is 42.7 Å². The van der Waals surface area contributed by atoms with E-state index in [4.69, 9.17) is 0 Å². The van der Waals surface area contributed by atoms with E-state index in [1.165, 1.54) is 11.0 Å². The van der Waals surface area contributed by atoms with Gasteiger partial charge in [-0.3, -0.25) is 9.59 Å². The fraction of sp³-hybridized carbons (Fsp3) is 0.294. The number of benzene rings is 1. The van der Waals surface area contributed by atoms with Gasteiger partial charge >= 0.3 is 5.97 Å². The molecule has 2 heterocycles. The number of hydrogen-bond acceptors (Lipinski definition) is 2. The predicted molar refractivity (Wildman–Crippen MR) is 82.0 cm³/mol. The monoisotopic (exact) mass is 316 g/mol. The minimum atomic E-state index is -0.931. The molecular formula is C17H17FN2O3. The molecule has 2 aromatic rings. The van der Waals surface area contributed by atoms with E-state index in [9.17, 15) is 19.1 Å². The van der Waals surface area contributed by atoms with Gasteiger partial charge in [0.05, 0.1) is 11.1 Å². The first kappa shape index (κ1) is 15.3. The highest BCUT2D eigenvalue weighted by molar-refractivity contribution is 5.95. The second-order valence-corrected chi connectivity index (χ2v) is 6.10. The Kier molecular flexibility index (Phi) is 3.67. The van der Waals surface area contributed by atoms with Crippen molar-refractivity contribution in [2.24, 2.45) is 5.41 Å². The Morgan fingerprint density at radius 1 is 1.26 bits per heavy atom. The Morgan fingerprint density at radius 3 is 2.52 bits per heavy atom. The summed E-state index contributed by atoms with van der Waals surface area (Å²) in [4.78, 5) is 25.2. The second-order valence-electron chi connectivity index (χ2n) is 6.10. The van der Waals surface area contributed by atoms with Gasteiger partial charge in [0.2, 0.25) is 0 Å². The van der Waals surface area contributed by atoms with E-state index in [1.54, 1.807) is 48.1 Å². The largest absolute Gasteiger partial charge is 0.481 e. The van der Waals surface area contributed by atoms with E-state index in [-0.39, 0.29) is 18.0 Å². The molecule has 3 rings (SSSR count). The lowest BCUT2D eigenvalue weighted by atomic mass is 9.90. The highest BCUT2D eigenvalue weighted by atomic mass is 19.1. The summed E-state index contributed by atoms with van der Waals surface area (Å²) >= 11 is 0. The fourth-order valence-electron chi connectivity index (χ4n) is 2.84. The summed E-state index contributed by atoms with van der Waals surface area (Å²) in [6.45, 7) is 2.13. The van der Waals surface area contributed by atoms with Crippen LogP contribution in [0.2, 0.25) is 0 Å². The smallest absolute Gasteiger partial charge is 0.311 e. The van der Waals surface area contributed by atoms with Gasteiger partial charge < -0.3 is 14.6 Å². The molecular weight excluding hydrogens is 299 g/mol. The molecule has 1 aliphatic rings. The zero-order valence-corrected chi connectivity index (χ0v) is 12.7. The Morgan fingerprint density at radius 2 is 1.96 bits per heavy atom. The van der Waals surface area contributed by atoms with Gasteiger partial charge in [-0.15, -0.1) is 0 Å². The van der Waals surface area contributed by atoms with E-state index in [1.807, 2.05) is 0 Å². The van der Waals surface area contributed by atoms with Crippen LogP contribution in [-0.2, 0) is 4.79 Å². The third-order valence-electron chi connectivity index (χ3n) is 4.35. The van der Waals surface area contributed by atoms with Crippen molar-refractivity contribution >= 4 is 11.9 Å². The molecule has 1 aromatic heterocycles. The van der Waals surface area contributed by atoms with Gasteiger partial charge in [0.1, 0.15) is 5.82 Å². The zero-order chi connectivity index (χ0) is 16.6. The van der Waals surface area contributed by atoms with E-state index < -0.39 is 17.2 Å². The SMILES string of the molecule is C[C@@]1(C(=O)O)CCN(C(=O)c2ccc(-n3cccc3)c(F)c2)C1. The lowest BCUT2D eigenvalue weighted by Gasteiger charge is -2.20. The molecule has 1 N–H and O–H groups in total. The quantitative estimate of drug-likeness (QED) is 0.946. The number of rotatable bonds is 3. The number of carboxylic acid groups (broad SMARTS) is 1. The number of amides is 1. The molecule has 1 aliphatic heterocycles. The number of halogens is 1. The lowest BCUT2D eigenvalue weighted by molar-refractivity contribution is -0.147. The molecule has 0 saturated carbocycles. The molecule has 0 aliphatic carbocycles. The number of carbonyl (C=O) groups excluding carboxylic acids is 1. The first-order chi connectivity index (χ1) is 10.9. The van der Waals surface area contributed by atoms with Gasteiger partial charge in [-0.2, -0.15) is 0 Å². The van der Waals surface area contributed by atoms with Crippen LogP contribution in [-0.4, -0.2) is 39.5 Å². The molecule has 1 aromatic carbocycles. The van der Waals surface area contributed by atoms with Crippen molar-refractivity contribution in [2.75, 3.05) is 13.1 Å². The number of likely N-dealkylation sites (tertiary alicyclic amines) is 1. The Balaban J connectivity index is 1.82. The molecule has 1 fully saturated rings. The summed E-state index contributed by atoms with van der Waals surface area (Å²) < 4.78 is 15.9. The number of carbonyl (C=O) groups is 2. The van der Waals surface area contributed by atoms with Crippen molar-refractivity contribution in [1.29, 1.82) is 0 Å². The first-order valence-corrected chi connectivity index (χ1v) is 7.36. The average Bonchev–Trinajstić information content (AvgIpc) is 3.17. The third-order valence-corrected chi connectivity index (χ3v) is 4.35. The van der Waals surface area contributed by atoms with Crippen LogP contribution in [0.25, 0.3) is 5.69 Å². The molecule has 1 atom stereocenters. The van der Waals surface area contributed by atoms with E-state index >= 15 is 0 Å². The summed E-state index contributed by atoms with van der Waals surface area (Å²) in [6.07, 6.45) is 3.84. The highest BCUT2D eigenvalue weighted by Crippen LogP contribution is 2.31. The van der Waals surface area contributed by atoms with Crippen LogP contribution < -0.4 is 0 Å². The van der Waals surface area contributed by atoms with Crippen molar-refractivity contribution < 1.29 is 19.1 Å². The Bertz CT molecular complexity index is 757. The van der Waals surface area contributed by atoms with E-state index in [2.05, 4.69) is 0 Å². The molecule has 6 heteroatoms. The second kappa shape index (κ2) is 5.53. The maximum atomic E-state index is 14.3. The summed E-state index contributed by atoms with van der Waals surface area (Å²) in [5.74, 6) is -1.75. The molecule has 5 nitrogen and oxygen atoms in total. The normalized spacial score (nSPS) is 20.7.